The number of nitrogens with zero attached hydrogens (tertiary/aromatic N) is 1. The number of hydrogen-bond acceptors (Lipinski definition) is 4. The molecule has 3 aromatic carbocycles. The van der Waals surface area contributed by atoms with Crippen LogP contribution in [0, 0.1) is 12.8 Å². The van der Waals surface area contributed by atoms with Crippen molar-refractivity contribution in [2.45, 2.75) is 51.1 Å². The smallest absolute Gasteiger partial charge is 0.426 e. The maximum absolute atomic E-state index is 14.9. The van der Waals surface area contributed by atoms with Crippen molar-refractivity contribution in [3.05, 3.63) is 90.0 Å². The van der Waals surface area contributed by atoms with Crippen molar-refractivity contribution in [3.63, 3.8) is 0 Å². The highest BCUT2D eigenvalue weighted by Crippen LogP contribution is 2.49. The van der Waals surface area contributed by atoms with Crippen molar-refractivity contribution in [2.75, 3.05) is 7.11 Å². The third-order valence-electron chi connectivity index (χ3n) is 7.08. The van der Waals surface area contributed by atoms with Crippen LogP contribution in [0.15, 0.2) is 78.9 Å². The first-order valence-corrected chi connectivity index (χ1v) is 13.3. The minimum absolute atomic E-state index is 0.182. The molecular weight excluding hydrogens is 523 g/mol. The van der Waals surface area contributed by atoms with Crippen LogP contribution in [0.4, 0.5) is 13.2 Å². The number of fused-ring (bicyclic) bond motifs is 1. The van der Waals surface area contributed by atoms with E-state index < -0.39 is 23.4 Å². The second-order valence-electron chi connectivity index (χ2n) is 10.0. The number of aryl methyl sites for hydroxylation is 1. The molecule has 8 heteroatoms. The fourth-order valence-corrected chi connectivity index (χ4v) is 5.43. The zero-order valence-corrected chi connectivity index (χ0v) is 22.6. The highest BCUT2D eigenvalue weighted by molar-refractivity contribution is 7.79. The lowest BCUT2D eigenvalue weighted by Crippen LogP contribution is -2.40. The van der Waals surface area contributed by atoms with Crippen LogP contribution in [-0.4, -0.2) is 29.2 Å². The number of para-hydroxylation sites is 1. The molecule has 4 nitrogen and oxygen atoms in total. The number of halogens is 3. The van der Waals surface area contributed by atoms with Crippen molar-refractivity contribution < 1.29 is 27.4 Å². The maximum atomic E-state index is 14.9. The molecule has 0 aliphatic heterocycles. The summed E-state index contributed by atoms with van der Waals surface area (Å²) in [5.74, 6) is -0.519. The SMILES string of the molecule is COCn1c(-c2ccccc2)c(C(CC2CC2)C(OC(=S)Oc2ccccc2)C(F)(F)F)c2ccc(C)cc21. The van der Waals surface area contributed by atoms with Crippen LogP contribution in [0.2, 0.25) is 0 Å². The van der Waals surface area contributed by atoms with Gasteiger partial charge in [0.15, 0.2) is 0 Å². The Hall–Kier alpha value is -3.36. The van der Waals surface area contributed by atoms with E-state index in [2.05, 4.69) is 0 Å². The summed E-state index contributed by atoms with van der Waals surface area (Å²) < 4.78 is 63.3. The molecule has 4 aromatic rings. The standard InChI is InChI=1S/C31H30F3NO3S/c1-20-13-16-24-26(17-20)35(19-36-2)28(22-9-5-3-6-10-22)27(24)25(18-21-14-15-21)29(31(32,33)34)38-30(39)37-23-11-7-4-8-12-23/h3-13,16-17,21,25,29H,14-15,18-19H2,1-2H3. The quantitative estimate of drug-likeness (QED) is 0.195. The van der Waals surface area contributed by atoms with Gasteiger partial charge in [-0.2, -0.15) is 13.2 Å². The lowest BCUT2D eigenvalue weighted by atomic mass is 9.84. The summed E-state index contributed by atoms with van der Waals surface area (Å²) in [5.41, 5.74) is 3.91. The van der Waals surface area contributed by atoms with Gasteiger partial charge in [-0.1, -0.05) is 73.5 Å². The van der Waals surface area contributed by atoms with Crippen LogP contribution in [0.5, 0.6) is 5.75 Å². The van der Waals surface area contributed by atoms with Crippen molar-refractivity contribution in [3.8, 4) is 17.0 Å². The summed E-state index contributed by atoms with van der Waals surface area (Å²) in [6, 6.07) is 23.8. The Labute approximate surface area is 231 Å². The van der Waals surface area contributed by atoms with Crippen LogP contribution in [0.3, 0.4) is 0 Å². The number of methoxy groups -OCH3 is 1. The average molecular weight is 554 g/mol. The van der Waals surface area contributed by atoms with E-state index in [4.69, 9.17) is 26.4 Å². The van der Waals surface area contributed by atoms with Gasteiger partial charge in [0.1, 0.15) is 12.5 Å². The molecule has 1 heterocycles. The topological polar surface area (TPSA) is 32.6 Å². The Morgan fingerprint density at radius 1 is 1.00 bits per heavy atom. The van der Waals surface area contributed by atoms with E-state index in [1.54, 1.807) is 37.4 Å². The molecule has 2 atom stereocenters. The molecule has 5 rings (SSSR count). The highest BCUT2D eigenvalue weighted by atomic mass is 32.1. The van der Waals surface area contributed by atoms with Crippen LogP contribution >= 0.6 is 12.2 Å². The Bertz CT molecular complexity index is 1430. The van der Waals surface area contributed by atoms with Gasteiger partial charge in [-0.05, 0) is 54.2 Å². The number of ether oxygens (including phenoxy) is 3. The third-order valence-corrected chi connectivity index (χ3v) is 7.25. The lowest BCUT2D eigenvalue weighted by Gasteiger charge is -2.30. The number of benzene rings is 3. The van der Waals surface area contributed by atoms with Crippen molar-refractivity contribution in [2.24, 2.45) is 5.92 Å². The van der Waals surface area contributed by atoms with E-state index in [0.717, 1.165) is 34.9 Å². The minimum atomic E-state index is -4.70. The normalized spacial score (nSPS) is 15.2. The Balaban J connectivity index is 1.68. The van der Waals surface area contributed by atoms with E-state index >= 15 is 0 Å². The van der Waals surface area contributed by atoms with E-state index in [1.165, 1.54) is 0 Å². The lowest BCUT2D eigenvalue weighted by molar-refractivity contribution is -0.208. The van der Waals surface area contributed by atoms with Crippen LogP contribution < -0.4 is 4.74 Å². The van der Waals surface area contributed by atoms with E-state index in [9.17, 15) is 13.2 Å². The molecule has 0 spiro atoms. The molecule has 204 valence electrons. The molecular formula is C31H30F3NO3S. The molecule has 0 saturated heterocycles. The van der Waals surface area contributed by atoms with E-state index in [1.807, 2.05) is 60.0 Å². The summed E-state index contributed by atoms with van der Waals surface area (Å²) in [4.78, 5) is 0. The molecule has 2 unspecified atom stereocenters. The average Bonchev–Trinajstić information content (AvgIpc) is 3.68. The minimum Gasteiger partial charge on any atom is -0.443 e. The third kappa shape index (κ3) is 6.12. The summed E-state index contributed by atoms with van der Waals surface area (Å²) in [6.45, 7) is 2.15. The zero-order valence-electron chi connectivity index (χ0n) is 21.8. The molecule has 0 radical (unpaired) electrons. The van der Waals surface area contributed by atoms with Gasteiger partial charge in [0, 0.05) is 30.6 Å². The number of aromatic nitrogens is 1. The fourth-order valence-electron chi connectivity index (χ4n) is 5.23. The highest BCUT2D eigenvalue weighted by Gasteiger charge is 2.51. The summed E-state index contributed by atoms with van der Waals surface area (Å²) in [6.07, 6.45) is -4.79. The first kappa shape index (κ1) is 27.2. The predicted octanol–water partition coefficient (Wildman–Crippen LogP) is 8.42. The molecule has 1 aliphatic rings. The molecule has 0 N–H and O–H groups in total. The Kier molecular flexibility index (Phi) is 7.96. The van der Waals surface area contributed by atoms with Crippen LogP contribution in [0.25, 0.3) is 22.2 Å². The molecule has 1 aromatic heterocycles. The van der Waals surface area contributed by atoms with E-state index in [-0.39, 0.29) is 12.6 Å². The van der Waals surface area contributed by atoms with Crippen molar-refractivity contribution in [1.29, 1.82) is 0 Å². The molecule has 0 amide bonds. The van der Waals surface area contributed by atoms with Gasteiger partial charge in [0.25, 0.3) is 0 Å². The zero-order chi connectivity index (χ0) is 27.6. The molecule has 1 saturated carbocycles. The second kappa shape index (κ2) is 11.4. The number of hydrogen-bond donors (Lipinski definition) is 0. The molecule has 39 heavy (non-hydrogen) atoms. The summed E-state index contributed by atoms with van der Waals surface area (Å²) in [5, 5.41) is 0.192. The van der Waals surface area contributed by atoms with Gasteiger partial charge >= 0.3 is 11.4 Å². The van der Waals surface area contributed by atoms with Gasteiger partial charge in [0.05, 0.1) is 11.2 Å². The number of rotatable bonds is 9. The van der Waals surface area contributed by atoms with Gasteiger partial charge in [-0.15, -0.1) is 0 Å². The molecule has 0 bridgehead atoms. The molecule has 1 fully saturated rings. The maximum Gasteiger partial charge on any atom is 0.426 e. The summed E-state index contributed by atoms with van der Waals surface area (Å²) >= 11 is 5.20. The number of thiocarbonyl (C=S) groups is 1. The Morgan fingerprint density at radius 3 is 2.28 bits per heavy atom. The first-order chi connectivity index (χ1) is 18.8. The number of alkyl halides is 3. The van der Waals surface area contributed by atoms with Crippen LogP contribution in [-0.2, 0) is 16.2 Å². The van der Waals surface area contributed by atoms with Crippen molar-refractivity contribution in [1.82, 2.24) is 4.57 Å². The second-order valence-corrected chi connectivity index (χ2v) is 10.4. The Morgan fingerprint density at radius 2 is 1.67 bits per heavy atom. The van der Waals surface area contributed by atoms with E-state index in [0.29, 0.717) is 23.4 Å². The monoisotopic (exact) mass is 553 g/mol. The van der Waals surface area contributed by atoms with Gasteiger partial charge < -0.3 is 18.8 Å². The largest absolute Gasteiger partial charge is 0.443 e. The van der Waals surface area contributed by atoms with Gasteiger partial charge in [0.2, 0.25) is 6.10 Å². The predicted molar refractivity (Wildman–Crippen MR) is 150 cm³/mol. The fraction of sp³-hybridized carbons (Fsp3) is 0.323. The van der Waals surface area contributed by atoms with Crippen LogP contribution in [0.1, 0.15) is 36.3 Å². The van der Waals surface area contributed by atoms with Gasteiger partial charge in [-0.3, -0.25) is 0 Å². The first-order valence-electron chi connectivity index (χ1n) is 12.9. The van der Waals surface area contributed by atoms with Gasteiger partial charge in [-0.25, -0.2) is 0 Å². The molecule has 1 aliphatic carbocycles. The summed E-state index contributed by atoms with van der Waals surface area (Å²) in [7, 11) is 1.58. The van der Waals surface area contributed by atoms with Crippen molar-refractivity contribution >= 4 is 28.4 Å².